The molecule has 0 radical (unpaired) electrons. The number of esters is 1. The summed E-state index contributed by atoms with van der Waals surface area (Å²) in [5, 5.41) is 0. The minimum atomic E-state index is -0.261. The first-order valence-electron chi connectivity index (χ1n) is 6.29. The highest BCUT2D eigenvalue weighted by Gasteiger charge is 2.16. The lowest BCUT2D eigenvalue weighted by molar-refractivity contribution is -0.137. The molecule has 0 amide bonds. The molecule has 96 valence electrons. The van der Waals surface area contributed by atoms with Crippen molar-refractivity contribution in [1.29, 1.82) is 0 Å². The fourth-order valence-corrected chi connectivity index (χ4v) is 2.28. The average molecular weight is 246 g/mol. The molecule has 0 heterocycles. The molecule has 0 unspecified atom stereocenters. The van der Waals surface area contributed by atoms with Gasteiger partial charge in [0.15, 0.2) is 0 Å². The Hall–Kier alpha value is -1.77. The van der Waals surface area contributed by atoms with Gasteiger partial charge in [0.25, 0.3) is 0 Å². The molecule has 1 aliphatic rings. The molecule has 0 spiro atoms. The molecule has 1 aromatic rings. The van der Waals surface area contributed by atoms with Crippen LogP contribution in [0.3, 0.4) is 0 Å². The van der Waals surface area contributed by atoms with Crippen molar-refractivity contribution in [2.24, 2.45) is 0 Å². The molecule has 0 bridgehead atoms. The third kappa shape index (κ3) is 2.73. The molecule has 0 saturated carbocycles. The van der Waals surface area contributed by atoms with E-state index >= 15 is 0 Å². The number of hydrogen-bond donors (Lipinski definition) is 0. The molecule has 3 heteroatoms. The van der Waals surface area contributed by atoms with Gasteiger partial charge in [0.05, 0.1) is 13.7 Å². The average Bonchev–Trinajstić information content (AvgIpc) is 2.39. The normalized spacial score (nSPS) is 16.2. The predicted octanol–water partition coefficient (Wildman–Crippen LogP) is 2.98. The first kappa shape index (κ1) is 12.7. The SMILES string of the molecule is CCOC(=O)C=C1CCCc2ccc(OC)cc21. The summed E-state index contributed by atoms with van der Waals surface area (Å²) in [6.45, 7) is 2.22. The molecule has 1 aromatic carbocycles. The monoisotopic (exact) mass is 246 g/mol. The Morgan fingerprint density at radius 3 is 2.94 bits per heavy atom. The van der Waals surface area contributed by atoms with Crippen LogP contribution in [0.5, 0.6) is 5.75 Å². The summed E-state index contributed by atoms with van der Waals surface area (Å²) < 4.78 is 10.2. The van der Waals surface area contributed by atoms with Crippen molar-refractivity contribution < 1.29 is 14.3 Å². The van der Waals surface area contributed by atoms with Gasteiger partial charge in [-0.1, -0.05) is 6.07 Å². The maximum atomic E-state index is 11.5. The van der Waals surface area contributed by atoms with Crippen molar-refractivity contribution in [3.8, 4) is 5.75 Å². The van der Waals surface area contributed by atoms with Gasteiger partial charge in [-0.3, -0.25) is 0 Å². The second-order valence-corrected chi connectivity index (χ2v) is 4.30. The van der Waals surface area contributed by atoms with E-state index in [9.17, 15) is 4.79 Å². The Morgan fingerprint density at radius 2 is 2.22 bits per heavy atom. The molecule has 0 atom stereocenters. The molecule has 0 saturated heterocycles. The number of aryl methyl sites for hydroxylation is 1. The van der Waals surface area contributed by atoms with Crippen LogP contribution >= 0.6 is 0 Å². The first-order chi connectivity index (χ1) is 8.74. The van der Waals surface area contributed by atoms with Crippen LogP contribution in [0.25, 0.3) is 5.57 Å². The van der Waals surface area contributed by atoms with Crippen LogP contribution in [0, 0.1) is 0 Å². The smallest absolute Gasteiger partial charge is 0.331 e. The molecular formula is C15H18O3. The van der Waals surface area contributed by atoms with E-state index in [0.29, 0.717) is 6.61 Å². The molecule has 18 heavy (non-hydrogen) atoms. The van der Waals surface area contributed by atoms with Crippen molar-refractivity contribution >= 4 is 11.5 Å². The van der Waals surface area contributed by atoms with Crippen LogP contribution in [0.4, 0.5) is 0 Å². The Labute approximate surface area is 107 Å². The number of allylic oxidation sites excluding steroid dienone is 1. The van der Waals surface area contributed by atoms with E-state index in [1.807, 2.05) is 19.1 Å². The van der Waals surface area contributed by atoms with E-state index in [0.717, 1.165) is 36.1 Å². The van der Waals surface area contributed by atoms with Crippen LogP contribution < -0.4 is 4.74 Å². The number of methoxy groups -OCH3 is 1. The van der Waals surface area contributed by atoms with Gasteiger partial charge in [-0.15, -0.1) is 0 Å². The summed E-state index contributed by atoms with van der Waals surface area (Å²) in [7, 11) is 1.65. The van der Waals surface area contributed by atoms with Gasteiger partial charge >= 0.3 is 5.97 Å². The van der Waals surface area contributed by atoms with Gasteiger partial charge in [-0.25, -0.2) is 4.79 Å². The van der Waals surface area contributed by atoms with Crippen LogP contribution in [0.15, 0.2) is 24.3 Å². The van der Waals surface area contributed by atoms with Crippen molar-refractivity contribution in [3.05, 3.63) is 35.4 Å². The Balaban J connectivity index is 2.34. The van der Waals surface area contributed by atoms with E-state index in [4.69, 9.17) is 9.47 Å². The van der Waals surface area contributed by atoms with Gasteiger partial charge in [-0.05, 0) is 55.0 Å². The highest BCUT2D eigenvalue weighted by atomic mass is 16.5. The maximum absolute atomic E-state index is 11.5. The fraction of sp³-hybridized carbons (Fsp3) is 0.400. The van der Waals surface area contributed by atoms with Crippen molar-refractivity contribution in [2.75, 3.05) is 13.7 Å². The van der Waals surface area contributed by atoms with Crippen LogP contribution in [-0.4, -0.2) is 19.7 Å². The topological polar surface area (TPSA) is 35.5 Å². The lowest BCUT2D eigenvalue weighted by Gasteiger charge is -2.19. The summed E-state index contributed by atoms with van der Waals surface area (Å²) in [5.74, 6) is 0.563. The predicted molar refractivity (Wildman–Crippen MR) is 70.5 cm³/mol. The van der Waals surface area contributed by atoms with Gasteiger partial charge in [0, 0.05) is 6.08 Å². The summed E-state index contributed by atoms with van der Waals surface area (Å²) in [5.41, 5.74) is 3.44. The second-order valence-electron chi connectivity index (χ2n) is 4.30. The number of ether oxygens (including phenoxy) is 2. The Morgan fingerprint density at radius 1 is 1.39 bits per heavy atom. The summed E-state index contributed by atoms with van der Waals surface area (Å²) in [6, 6.07) is 6.04. The van der Waals surface area contributed by atoms with E-state index in [1.165, 1.54) is 5.56 Å². The van der Waals surface area contributed by atoms with E-state index in [2.05, 4.69) is 6.07 Å². The third-order valence-corrected chi connectivity index (χ3v) is 3.13. The number of rotatable bonds is 3. The zero-order chi connectivity index (χ0) is 13.0. The largest absolute Gasteiger partial charge is 0.497 e. The number of benzene rings is 1. The Bertz CT molecular complexity index is 475. The zero-order valence-electron chi connectivity index (χ0n) is 10.9. The van der Waals surface area contributed by atoms with Gasteiger partial charge in [-0.2, -0.15) is 0 Å². The highest BCUT2D eigenvalue weighted by Crippen LogP contribution is 2.33. The minimum absolute atomic E-state index is 0.261. The lowest BCUT2D eigenvalue weighted by Crippen LogP contribution is -2.06. The molecule has 0 fully saturated rings. The summed E-state index contributed by atoms with van der Waals surface area (Å²) in [4.78, 5) is 11.5. The van der Waals surface area contributed by atoms with Crippen LogP contribution in [0.2, 0.25) is 0 Å². The van der Waals surface area contributed by atoms with Gasteiger partial charge < -0.3 is 9.47 Å². The van der Waals surface area contributed by atoms with Crippen molar-refractivity contribution in [2.45, 2.75) is 26.2 Å². The molecule has 0 aromatic heterocycles. The van der Waals surface area contributed by atoms with Crippen LogP contribution in [0.1, 0.15) is 30.9 Å². The molecule has 3 nitrogen and oxygen atoms in total. The van der Waals surface area contributed by atoms with E-state index < -0.39 is 0 Å². The maximum Gasteiger partial charge on any atom is 0.331 e. The molecular weight excluding hydrogens is 228 g/mol. The lowest BCUT2D eigenvalue weighted by atomic mass is 9.87. The second kappa shape index (κ2) is 5.71. The third-order valence-electron chi connectivity index (χ3n) is 3.13. The number of hydrogen-bond acceptors (Lipinski definition) is 3. The number of carbonyl (C=O) groups is 1. The van der Waals surface area contributed by atoms with E-state index in [-0.39, 0.29) is 5.97 Å². The van der Waals surface area contributed by atoms with Crippen molar-refractivity contribution in [1.82, 2.24) is 0 Å². The highest BCUT2D eigenvalue weighted by molar-refractivity contribution is 5.92. The molecule has 0 N–H and O–H groups in total. The van der Waals surface area contributed by atoms with Crippen LogP contribution in [-0.2, 0) is 16.0 Å². The first-order valence-corrected chi connectivity index (χ1v) is 6.29. The van der Waals surface area contributed by atoms with E-state index in [1.54, 1.807) is 13.2 Å². The minimum Gasteiger partial charge on any atom is -0.497 e. The number of fused-ring (bicyclic) bond motifs is 1. The molecule has 1 aliphatic carbocycles. The molecule has 0 aliphatic heterocycles. The Kier molecular flexibility index (Phi) is 4.03. The molecule has 2 rings (SSSR count). The van der Waals surface area contributed by atoms with Gasteiger partial charge in [0.1, 0.15) is 5.75 Å². The fourth-order valence-electron chi connectivity index (χ4n) is 2.28. The standard InChI is InChI=1S/C15H18O3/c1-3-18-15(16)9-12-6-4-5-11-7-8-13(17-2)10-14(11)12/h7-10H,3-6H2,1-2H3. The van der Waals surface area contributed by atoms with Gasteiger partial charge in [0.2, 0.25) is 0 Å². The summed E-state index contributed by atoms with van der Waals surface area (Å²) >= 11 is 0. The summed E-state index contributed by atoms with van der Waals surface area (Å²) in [6.07, 6.45) is 4.66. The quantitative estimate of drug-likeness (QED) is 0.607. The zero-order valence-corrected chi connectivity index (χ0v) is 10.9. The number of carbonyl (C=O) groups excluding carboxylic acids is 1. The van der Waals surface area contributed by atoms with Crippen molar-refractivity contribution in [3.63, 3.8) is 0 Å².